The molecule has 0 radical (unpaired) electrons. The van der Waals surface area contributed by atoms with Crippen molar-refractivity contribution < 1.29 is 24.1 Å². The Kier molecular flexibility index (Phi) is 5.60. The van der Waals surface area contributed by atoms with E-state index in [2.05, 4.69) is 4.74 Å². The summed E-state index contributed by atoms with van der Waals surface area (Å²) in [6.45, 7) is 0.558. The molecule has 0 aromatic rings. The zero-order chi connectivity index (χ0) is 11.1. The van der Waals surface area contributed by atoms with Crippen molar-refractivity contribution in [2.45, 2.75) is 38.1 Å². The maximum absolute atomic E-state index is 11.2. The van der Waals surface area contributed by atoms with Gasteiger partial charge < -0.3 is 19.3 Å². The summed E-state index contributed by atoms with van der Waals surface area (Å²) in [5.74, 6) is -0.342. The molecule has 1 aliphatic heterocycles. The summed E-state index contributed by atoms with van der Waals surface area (Å²) in [7, 11) is 1.35. The van der Waals surface area contributed by atoms with Crippen LogP contribution in [0.5, 0.6) is 0 Å². The first kappa shape index (κ1) is 12.4. The highest BCUT2D eigenvalue weighted by atomic mass is 16.7. The van der Waals surface area contributed by atoms with E-state index in [1.165, 1.54) is 7.11 Å². The lowest BCUT2D eigenvalue weighted by atomic mass is 10.1. The molecule has 0 amide bonds. The molecule has 88 valence electrons. The minimum absolute atomic E-state index is 0.104. The van der Waals surface area contributed by atoms with E-state index in [0.29, 0.717) is 19.4 Å². The van der Waals surface area contributed by atoms with Gasteiger partial charge in [0, 0.05) is 6.61 Å². The van der Waals surface area contributed by atoms with Crippen molar-refractivity contribution in [1.29, 1.82) is 0 Å². The molecule has 1 N–H and O–H groups in total. The van der Waals surface area contributed by atoms with Crippen LogP contribution in [0.25, 0.3) is 0 Å². The molecule has 2 atom stereocenters. The van der Waals surface area contributed by atoms with E-state index in [1.54, 1.807) is 0 Å². The first-order chi connectivity index (χ1) is 7.27. The molecule has 1 saturated heterocycles. The lowest BCUT2D eigenvalue weighted by Crippen LogP contribution is -2.36. The number of aliphatic hydroxyl groups excluding tert-OH is 1. The zero-order valence-corrected chi connectivity index (χ0v) is 8.98. The van der Waals surface area contributed by atoms with Gasteiger partial charge in [-0.05, 0) is 25.7 Å². The van der Waals surface area contributed by atoms with E-state index < -0.39 is 6.10 Å². The van der Waals surface area contributed by atoms with Crippen LogP contribution < -0.4 is 0 Å². The minimum Gasteiger partial charge on any atom is -0.467 e. The molecule has 1 aliphatic rings. The highest BCUT2D eigenvalue weighted by Gasteiger charge is 2.28. The van der Waals surface area contributed by atoms with Crippen LogP contribution in [0.3, 0.4) is 0 Å². The quantitative estimate of drug-likeness (QED) is 0.536. The molecule has 0 aromatic carbocycles. The van der Waals surface area contributed by atoms with Crippen LogP contribution in [0, 0.1) is 0 Å². The zero-order valence-electron chi connectivity index (χ0n) is 8.98. The van der Waals surface area contributed by atoms with Gasteiger partial charge in [0.05, 0.1) is 13.7 Å². The third kappa shape index (κ3) is 4.15. The van der Waals surface area contributed by atoms with Crippen molar-refractivity contribution in [3.63, 3.8) is 0 Å². The Hall–Kier alpha value is -0.650. The maximum atomic E-state index is 11.2. The highest BCUT2D eigenvalue weighted by molar-refractivity contribution is 5.74. The van der Waals surface area contributed by atoms with E-state index in [1.807, 2.05) is 0 Å². The Labute approximate surface area is 89.3 Å². The van der Waals surface area contributed by atoms with Crippen molar-refractivity contribution in [1.82, 2.24) is 0 Å². The summed E-state index contributed by atoms with van der Waals surface area (Å²) in [6.07, 6.45) is 2.12. The molecule has 5 nitrogen and oxygen atoms in total. The number of carbonyl (C=O) groups is 1. The van der Waals surface area contributed by atoms with Crippen molar-refractivity contribution in [3.05, 3.63) is 0 Å². The fourth-order valence-corrected chi connectivity index (χ4v) is 1.50. The van der Waals surface area contributed by atoms with Crippen LogP contribution in [0.4, 0.5) is 0 Å². The Bertz CT molecular complexity index is 194. The summed E-state index contributed by atoms with van der Waals surface area (Å²) in [6, 6.07) is 0. The van der Waals surface area contributed by atoms with Crippen molar-refractivity contribution >= 4 is 5.97 Å². The van der Waals surface area contributed by atoms with Gasteiger partial charge in [0.25, 0.3) is 0 Å². The number of carbonyl (C=O) groups excluding carboxylic acids is 1. The normalized spacial score (nSPS) is 26.3. The average Bonchev–Trinajstić information content (AvgIpc) is 2.29. The largest absolute Gasteiger partial charge is 0.467 e. The topological polar surface area (TPSA) is 65.0 Å². The molecular weight excluding hydrogens is 200 g/mol. The van der Waals surface area contributed by atoms with E-state index in [-0.39, 0.29) is 18.9 Å². The molecule has 1 rings (SSSR count). The fourth-order valence-electron chi connectivity index (χ4n) is 1.50. The molecule has 1 heterocycles. The number of aliphatic hydroxyl groups is 1. The molecule has 0 aromatic heterocycles. The van der Waals surface area contributed by atoms with Gasteiger partial charge in [-0.1, -0.05) is 0 Å². The number of hydrogen-bond acceptors (Lipinski definition) is 5. The third-order valence-electron chi connectivity index (χ3n) is 2.29. The molecule has 0 spiro atoms. The van der Waals surface area contributed by atoms with Gasteiger partial charge in [-0.2, -0.15) is 0 Å². The highest BCUT2D eigenvalue weighted by Crippen LogP contribution is 2.20. The first-order valence-corrected chi connectivity index (χ1v) is 5.23. The molecular formula is C10H18O5. The number of ether oxygens (including phenoxy) is 3. The molecule has 15 heavy (non-hydrogen) atoms. The summed E-state index contributed by atoms with van der Waals surface area (Å²) >= 11 is 0. The number of rotatable bonds is 5. The molecule has 0 unspecified atom stereocenters. The van der Waals surface area contributed by atoms with Gasteiger partial charge in [0.2, 0.25) is 0 Å². The second-order valence-corrected chi connectivity index (χ2v) is 3.46. The molecule has 1 fully saturated rings. The van der Waals surface area contributed by atoms with Gasteiger partial charge >= 0.3 is 5.97 Å². The smallest absolute Gasteiger partial charge is 0.335 e. The SMILES string of the molecule is COC(=O)[C@@H]1CCC[C@H](OCCCO)O1. The number of hydrogen-bond donors (Lipinski definition) is 1. The molecule has 5 heteroatoms. The molecule has 0 aliphatic carbocycles. The lowest BCUT2D eigenvalue weighted by molar-refractivity contribution is -0.208. The molecule has 0 bridgehead atoms. The van der Waals surface area contributed by atoms with E-state index in [4.69, 9.17) is 14.6 Å². The monoisotopic (exact) mass is 218 g/mol. The fraction of sp³-hybridized carbons (Fsp3) is 0.900. The van der Waals surface area contributed by atoms with E-state index in [0.717, 1.165) is 12.8 Å². The summed E-state index contributed by atoms with van der Waals surface area (Å²) in [4.78, 5) is 11.2. The van der Waals surface area contributed by atoms with Crippen LogP contribution in [0.15, 0.2) is 0 Å². The second kappa shape index (κ2) is 6.76. The van der Waals surface area contributed by atoms with Gasteiger partial charge in [0.15, 0.2) is 12.4 Å². The number of esters is 1. The Balaban J connectivity index is 2.26. The number of methoxy groups -OCH3 is 1. The Morgan fingerprint density at radius 2 is 2.33 bits per heavy atom. The predicted octanol–water partition coefficient (Wildman–Crippen LogP) is 0.454. The predicted molar refractivity (Wildman–Crippen MR) is 52.2 cm³/mol. The van der Waals surface area contributed by atoms with Gasteiger partial charge in [0.1, 0.15) is 0 Å². The Morgan fingerprint density at radius 3 is 3.00 bits per heavy atom. The van der Waals surface area contributed by atoms with Crippen LogP contribution in [0.2, 0.25) is 0 Å². The van der Waals surface area contributed by atoms with Crippen LogP contribution >= 0.6 is 0 Å². The van der Waals surface area contributed by atoms with Crippen LogP contribution in [0.1, 0.15) is 25.7 Å². The summed E-state index contributed by atoms with van der Waals surface area (Å²) in [5, 5.41) is 8.58. The average molecular weight is 218 g/mol. The van der Waals surface area contributed by atoms with Crippen molar-refractivity contribution in [3.8, 4) is 0 Å². The van der Waals surface area contributed by atoms with Gasteiger partial charge in [-0.15, -0.1) is 0 Å². The third-order valence-corrected chi connectivity index (χ3v) is 2.29. The first-order valence-electron chi connectivity index (χ1n) is 5.23. The van der Waals surface area contributed by atoms with Gasteiger partial charge in [-0.3, -0.25) is 0 Å². The van der Waals surface area contributed by atoms with Crippen molar-refractivity contribution in [2.75, 3.05) is 20.3 Å². The van der Waals surface area contributed by atoms with E-state index >= 15 is 0 Å². The van der Waals surface area contributed by atoms with Gasteiger partial charge in [-0.25, -0.2) is 4.79 Å². The van der Waals surface area contributed by atoms with Crippen LogP contribution in [-0.4, -0.2) is 43.8 Å². The van der Waals surface area contributed by atoms with Crippen molar-refractivity contribution in [2.24, 2.45) is 0 Å². The summed E-state index contributed by atoms with van der Waals surface area (Å²) in [5.41, 5.74) is 0. The maximum Gasteiger partial charge on any atom is 0.335 e. The summed E-state index contributed by atoms with van der Waals surface area (Å²) < 4.78 is 15.4. The standard InChI is InChI=1S/C10H18O5/c1-13-10(12)8-4-2-5-9(15-8)14-7-3-6-11/h8-9,11H,2-7H2,1H3/t8-,9+/m0/s1. The minimum atomic E-state index is -0.497. The van der Waals surface area contributed by atoms with Crippen LogP contribution in [-0.2, 0) is 19.0 Å². The lowest BCUT2D eigenvalue weighted by Gasteiger charge is -2.28. The Morgan fingerprint density at radius 1 is 1.53 bits per heavy atom. The van der Waals surface area contributed by atoms with E-state index in [9.17, 15) is 4.79 Å². The molecule has 0 saturated carbocycles. The second-order valence-electron chi connectivity index (χ2n) is 3.46.